The van der Waals surface area contributed by atoms with E-state index in [9.17, 15) is 13.2 Å². The van der Waals surface area contributed by atoms with Gasteiger partial charge in [-0.3, -0.25) is 0 Å². The van der Waals surface area contributed by atoms with E-state index in [4.69, 9.17) is 0 Å². The van der Waals surface area contributed by atoms with Crippen molar-refractivity contribution >= 4 is 0 Å². The summed E-state index contributed by atoms with van der Waals surface area (Å²) in [5, 5.41) is 0. The monoisotopic (exact) mass is 222 g/mol. The average molecular weight is 222 g/mol. The van der Waals surface area contributed by atoms with E-state index in [2.05, 4.69) is 0 Å². The van der Waals surface area contributed by atoms with Gasteiger partial charge >= 0.3 is 0 Å². The number of hydrogen-bond acceptors (Lipinski definition) is 0. The Hall–Kier alpha value is -1.77. The highest BCUT2D eigenvalue weighted by Gasteiger charge is 2.16. The molecule has 16 heavy (non-hydrogen) atoms. The molecule has 0 heterocycles. The van der Waals surface area contributed by atoms with Crippen molar-refractivity contribution < 1.29 is 13.2 Å². The summed E-state index contributed by atoms with van der Waals surface area (Å²) in [6, 6.07) is 9.35. The largest absolute Gasteiger partial charge is 0.207 e. The van der Waals surface area contributed by atoms with Gasteiger partial charge in [-0.05, 0) is 18.6 Å². The standard InChI is InChI=1S/C13H9F3/c1-8-11(14)7-10(13(16)12(8)15)9-5-3-2-4-6-9/h2-7H,1H3. The van der Waals surface area contributed by atoms with Gasteiger partial charge in [0.15, 0.2) is 11.6 Å². The quantitative estimate of drug-likeness (QED) is 0.638. The maximum absolute atomic E-state index is 13.6. The molecule has 0 N–H and O–H groups in total. The van der Waals surface area contributed by atoms with E-state index in [1.165, 1.54) is 6.92 Å². The Morgan fingerprint density at radius 1 is 0.875 bits per heavy atom. The predicted octanol–water partition coefficient (Wildman–Crippen LogP) is 4.08. The first-order valence-electron chi connectivity index (χ1n) is 4.80. The van der Waals surface area contributed by atoms with Crippen molar-refractivity contribution in [2.75, 3.05) is 0 Å². The second-order valence-electron chi connectivity index (χ2n) is 3.52. The van der Waals surface area contributed by atoms with Gasteiger partial charge in [-0.25, -0.2) is 13.2 Å². The summed E-state index contributed by atoms with van der Waals surface area (Å²) in [6.45, 7) is 1.21. The Labute approximate surface area is 91.4 Å². The third-order valence-electron chi connectivity index (χ3n) is 2.47. The van der Waals surface area contributed by atoms with Crippen molar-refractivity contribution in [3.8, 4) is 11.1 Å². The lowest BCUT2D eigenvalue weighted by molar-refractivity contribution is 0.489. The predicted molar refractivity (Wildman–Crippen MR) is 56.5 cm³/mol. The second kappa shape index (κ2) is 4.00. The molecule has 0 spiro atoms. The minimum atomic E-state index is -1.13. The Morgan fingerprint density at radius 3 is 2.12 bits per heavy atom. The summed E-state index contributed by atoms with van der Waals surface area (Å²) in [7, 11) is 0. The van der Waals surface area contributed by atoms with Crippen LogP contribution in [0.1, 0.15) is 5.56 Å². The summed E-state index contributed by atoms with van der Waals surface area (Å²) in [5.74, 6) is -2.87. The Kier molecular flexibility index (Phi) is 2.69. The Balaban J connectivity index is 2.68. The van der Waals surface area contributed by atoms with Crippen LogP contribution in [0.15, 0.2) is 36.4 Å². The lowest BCUT2D eigenvalue weighted by Gasteiger charge is -2.07. The van der Waals surface area contributed by atoms with Crippen molar-refractivity contribution in [2.45, 2.75) is 6.92 Å². The lowest BCUT2D eigenvalue weighted by Crippen LogP contribution is -1.97. The van der Waals surface area contributed by atoms with Crippen LogP contribution in [-0.4, -0.2) is 0 Å². The highest BCUT2D eigenvalue weighted by atomic mass is 19.2. The van der Waals surface area contributed by atoms with E-state index >= 15 is 0 Å². The van der Waals surface area contributed by atoms with Gasteiger partial charge in [0.1, 0.15) is 5.82 Å². The van der Waals surface area contributed by atoms with Crippen LogP contribution in [0, 0.1) is 24.4 Å². The molecule has 0 atom stereocenters. The van der Waals surface area contributed by atoms with Crippen LogP contribution in [0.5, 0.6) is 0 Å². The second-order valence-corrected chi connectivity index (χ2v) is 3.52. The fourth-order valence-electron chi connectivity index (χ4n) is 1.51. The molecule has 2 aromatic rings. The minimum absolute atomic E-state index is 0.0544. The van der Waals surface area contributed by atoms with Gasteiger partial charge in [-0.1, -0.05) is 30.3 Å². The third-order valence-corrected chi connectivity index (χ3v) is 2.47. The molecule has 0 saturated carbocycles. The first-order chi connectivity index (χ1) is 7.61. The number of benzene rings is 2. The number of hydrogen-bond donors (Lipinski definition) is 0. The van der Waals surface area contributed by atoms with Crippen LogP contribution in [0.3, 0.4) is 0 Å². The fraction of sp³-hybridized carbons (Fsp3) is 0.0769. The van der Waals surface area contributed by atoms with Crippen molar-refractivity contribution in [3.63, 3.8) is 0 Å². The third kappa shape index (κ3) is 1.69. The molecule has 2 rings (SSSR count). The molecule has 0 aliphatic carbocycles. The minimum Gasteiger partial charge on any atom is -0.207 e. The lowest BCUT2D eigenvalue weighted by atomic mass is 10.0. The van der Waals surface area contributed by atoms with Gasteiger partial charge in [0, 0.05) is 11.1 Å². The molecule has 0 aromatic heterocycles. The topological polar surface area (TPSA) is 0 Å². The van der Waals surface area contributed by atoms with E-state index in [0.29, 0.717) is 5.56 Å². The van der Waals surface area contributed by atoms with Gasteiger partial charge in [0.05, 0.1) is 0 Å². The fourth-order valence-corrected chi connectivity index (χ4v) is 1.51. The van der Waals surface area contributed by atoms with E-state index in [1.54, 1.807) is 30.3 Å². The van der Waals surface area contributed by atoms with Crippen LogP contribution < -0.4 is 0 Å². The average Bonchev–Trinajstić information content (AvgIpc) is 2.32. The van der Waals surface area contributed by atoms with Crippen LogP contribution in [0.25, 0.3) is 11.1 Å². The molecule has 0 amide bonds. The van der Waals surface area contributed by atoms with Gasteiger partial charge in [0.25, 0.3) is 0 Å². The van der Waals surface area contributed by atoms with Crippen molar-refractivity contribution in [1.82, 2.24) is 0 Å². The highest BCUT2D eigenvalue weighted by molar-refractivity contribution is 5.64. The normalized spacial score (nSPS) is 10.5. The summed E-state index contributed by atoms with van der Waals surface area (Å²) in [5.41, 5.74) is 0.108. The van der Waals surface area contributed by atoms with Gasteiger partial charge < -0.3 is 0 Å². The van der Waals surface area contributed by atoms with E-state index in [-0.39, 0.29) is 11.1 Å². The van der Waals surface area contributed by atoms with Gasteiger partial charge in [0.2, 0.25) is 0 Å². The molecule has 3 heteroatoms. The summed E-state index contributed by atoms with van der Waals surface area (Å²) in [6.07, 6.45) is 0. The smallest absolute Gasteiger partial charge is 0.167 e. The number of rotatable bonds is 1. The molecule has 0 nitrogen and oxygen atoms in total. The molecule has 0 unspecified atom stereocenters. The zero-order valence-corrected chi connectivity index (χ0v) is 8.60. The summed E-state index contributed by atoms with van der Waals surface area (Å²) < 4.78 is 40.2. The van der Waals surface area contributed by atoms with Crippen molar-refractivity contribution in [3.05, 3.63) is 59.4 Å². The molecular formula is C13H9F3. The maximum Gasteiger partial charge on any atom is 0.167 e. The van der Waals surface area contributed by atoms with Crippen LogP contribution in [0.2, 0.25) is 0 Å². The Morgan fingerprint density at radius 2 is 1.50 bits per heavy atom. The molecule has 2 aromatic carbocycles. The summed E-state index contributed by atoms with van der Waals surface area (Å²) >= 11 is 0. The molecule has 0 aliphatic heterocycles. The maximum atomic E-state index is 13.6. The molecule has 0 radical (unpaired) electrons. The summed E-state index contributed by atoms with van der Waals surface area (Å²) in [4.78, 5) is 0. The molecule has 0 saturated heterocycles. The zero-order chi connectivity index (χ0) is 11.7. The van der Waals surface area contributed by atoms with Crippen LogP contribution in [0.4, 0.5) is 13.2 Å². The Bertz CT molecular complexity index is 518. The molecular weight excluding hydrogens is 213 g/mol. The molecule has 0 bridgehead atoms. The van der Waals surface area contributed by atoms with E-state index < -0.39 is 17.5 Å². The molecule has 0 aliphatic rings. The van der Waals surface area contributed by atoms with E-state index in [1.807, 2.05) is 0 Å². The first kappa shape index (κ1) is 10.7. The van der Waals surface area contributed by atoms with Crippen molar-refractivity contribution in [1.29, 1.82) is 0 Å². The van der Waals surface area contributed by atoms with E-state index in [0.717, 1.165) is 6.07 Å². The SMILES string of the molecule is Cc1c(F)cc(-c2ccccc2)c(F)c1F. The van der Waals surface area contributed by atoms with Crippen molar-refractivity contribution in [2.24, 2.45) is 0 Å². The molecule has 0 fully saturated rings. The van der Waals surface area contributed by atoms with Crippen LogP contribution >= 0.6 is 0 Å². The first-order valence-corrected chi connectivity index (χ1v) is 4.80. The highest BCUT2D eigenvalue weighted by Crippen LogP contribution is 2.27. The number of halogens is 3. The van der Waals surface area contributed by atoms with Gasteiger partial charge in [-0.2, -0.15) is 0 Å². The van der Waals surface area contributed by atoms with Gasteiger partial charge in [-0.15, -0.1) is 0 Å². The molecule has 82 valence electrons. The zero-order valence-electron chi connectivity index (χ0n) is 8.60. The van der Waals surface area contributed by atoms with Crippen LogP contribution in [-0.2, 0) is 0 Å².